The normalized spacial score (nSPS) is 12.6. The Bertz CT molecular complexity index is 129. The minimum absolute atomic E-state index is 0.755. The number of hydrogen-bond acceptors (Lipinski definition) is 3. The molecular formula is C4H6O5. The number of hydrogen-bond donors (Lipinski definition) is 3. The molecule has 0 aromatic heterocycles. The van der Waals surface area contributed by atoms with Crippen molar-refractivity contribution in [1.29, 1.82) is 0 Å². The summed E-state index contributed by atoms with van der Waals surface area (Å²) in [4.78, 5) is 19.4. The largest absolute Gasteiger partial charge is 0.481 e. The number of carboxylic acid groups (broad SMARTS) is 2. The first-order valence-electron chi connectivity index (χ1n) is 2.16. The maximum absolute atomic E-state index is 9.72. The van der Waals surface area contributed by atoms with Crippen molar-refractivity contribution in [3.8, 4) is 0 Å². The number of aliphatic hydroxyl groups is 1. The molecule has 5 nitrogen and oxygen atoms in total. The molecule has 0 aliphatic heterocycles. The van der Waals surface area contributed by atoms with Gasteiger partial charge in [-0.05, 0) is 0 Å². The number of aliphatic hydroxyl groups excluding tert-OH is 1. The van der Waals surface area contributed by atoms with Gasteiger partial charge in [-0.15, -0.1) is 0 Å². The van der Waals surface area contributed by atoms with Crippen molar-refractivity contribution in [3.63, 3.8) is 0 Å². The van der Waals surface area contributed by atoms with Crippen LogP contribution in [0.1, 0.15) is 6.42 Å². The van der Waals surface area contributed by atoms with Gasteiger partial charge in [-0.25, -0.2) is 4.79 Å². The van der Waals surface area contributed by atoms with Crippen LogP contribution in [0.4, 0.5) is 0 Å². The molecule has 0 spiro atoms. The van der Waals surface area contributed by atoms with Crippen LogP contribution in [-0.4, -0.2) is 33.4 Å². The Labute approximate surface area is 50.5 Å². The first-order chi connectivity index (χ1) is 4.04. The van der Waals surface area contributed by atoms with Gasteiger partial charge in [0.25, 0.3) is 0 Å². The summed E-state index contributed by atoms with van der Waals surface area (Å²) in [6.07, 6.45) is -2.54. The molecular weight excluding hydrogens is 130 g/mol. The fraction of sp³-hybridized carbons (Fsp3) is 0.500. The molecule has 1 atom stereocenters. The molecule has 0 fully saturated rings. The molecule has 3 N–H and O–H groups in total. The monoisotopic (exact) mass is 136 g/mol. The van der Waals surface area contributed by atoms with Crippen LogP contribution in [0.5, 0.6) is 0 Å². The summed E-state index contributed by atoms with van der Waals surface area (Å²) in [6, 6.07) is 0. The summed E-state index contributed by atoms with van der Waals surface area (Å²) in [7, 11) is 0. The molecule has 9 heavy (non-hydrogen) atoms. The predicted molar refractivity (Wildman–Crippen MR) is 25.9 cm³/mol. The zero-order chi connectivity index (χ0) is 7.44. The molecule has 0 aromatic carbocycles. The lowest BCUT2D eigenvalue weighted by Crippen LogP contribution is -2.22. The van der Waals surface area contributed by atoms with Gasteiger partial charge in [0.05, 0.1) is 6.42 Å². The van der Waals surface area contributed by atoms with Gasteiger partial charge in [-0.1, -0.05) is 0 Å². The third-order valence-electron chi connectivity index (χ3n) is 0.653. The first-order valence-corrected chi connectivity index (χ1v) is 2.16. The summed E-state index contributed by atoms with van der Waals surface area (Å²) in [5, 5.41) is 24.1. The van der Waals surface area contributed by atoms with Crippen molar-refractivity contribution in [2.24, 2.45) is 0 Å². The van der Waals surface area contributed by atoms with Crippen LogP contribution in [-0.2, 0) is 9.59 Å². The van der Waals surface area contributed by atoms with Crippen LogP contribution in [0.25, 0.3) is 0 Å². The number of carboxylic acids is 2. The molecule has 52 valence electrons. The average Bonchev–Trinajstić information content (AvgIpc) is 1.63. The third-order valence-corrected chi connectivity index (χ3v) is 0.653. The van der Waals surface area contributed by atoms with Gasteiger partial charge in [0.15, 0.2) is 6.10 Å². The molecule has 0 saturated heterocycles. The Morgan fingerprint density at radius 3 is 1.89 bits per heavy atom. The molecule has 0 aliphatic rings. The highest BCUT2D eigenvalue weighted by molar-refractivity contribution is 5.79. The topological polar surface area (TPSA) is 94.8 Å². The molecule has 0 unspecified atom stereocenters. The Morgan fingerprint density at radius 2 is 1.78 bits per heavy atom. The molecule has 0 radical (unpaired) electrons. The Hall–Kier alpha value is -1.10. The minimum atomic E-state index is -1.79. The van der Waals surface area contributed by atoms with Crippen LogP contribution in [0.15, 0.2) is 0 Å². The number of aliphatic carboxylic acids is 2. The van der Waals surface area contributed by atoms with E-state index in [-0.39, 0.29) is 0 Å². The lowest BCUT2D eigenvalue weighted by Gasteiger charge is -1.97. The quantitative estimate of drug-likeness (QED) is 0.428. The van der Waals surface area contributed by atoms with Gasteiger partial charge in [-0.3, -0.25) is 4.79 Å². The third kappa shape index (κ3) is 3.48. The molecule has 0 aromatic rings. The molecule has 0 rings (SSSR count). The van der Waals surface area contributed by atoms with Crippen molar-refractivity contribution in [1.82, 2.24) is 0 Å². The van der Waals surface area contributed by atoms with E-state index >= 15 is 0 Å². The second-order valence-corrected chi connectivity index (χ2v) is 1.45. The van der Waals surface area contributed by atoms with E-state index in [1.54, 1.807) is 0 Å². The molecule has 0 amide bonds. The van der Waals surface area contributed by atoms with E-state index in [1.165, 1.54) is 0 Å². The van der Waals surface area contributed by atoms with Gasteiger partial charge in [0.1, 0.15) is 0 Å². The Balaban J connectivity index is 3.63. The predicted octanol–water partition coefficient (Wildman–Crippen LogP) is -1.09. The van der Waals surface area contributed by atoms with E-state index < -0.39 is 24.5 Å². The van der Waals surface area contributed by atoms with Crippen LogP contribution in [0.3, 0.4) is 0 Å². The van der Waals surface area contributed by atoms with Crippen molar-refractivity contribution >= 4 is 11.9 Å². The van der Waals surface area contributed by atoms with Gasteiger partial charge >= 0.3 is 11.9 Å². The summed E-state index contributed by atoms with van der Waals surface area (Å²) in [6.45, 7) is 0. The molecule has 0 saturated carbocycles. The maximum Gasteiger partial charge on any atom is 0.333 e. The van der Waals surface area contributed by atoms with E-state index in [4.69, 9.17) is 15.3 Å². The highest BCUT2D eigenvalue weighted by atomic mass is 16.5. The molecule has 0 aliphatic carbocycles. The summed E-state index contributed by atoms with van der Waals surface area (Å²) in [5.41, 5.74) is 0. The zero-order valence-corrected chi connectivity index (χ0v) is 4.44. The van der Waals surface area contributed by atoms with Gasteiger partial charge in [-0.2, -0.15) is 0 Å². The van der Waals surface area contributed by atoms with Gasteiger partial charge in [0, 0.05) is 0 Å². The summed E-state index contributed by atoms with van der Waals surface area (Å²) >= 11 is 0. The van der Waals surface area contributed by atoms with Gasteiger partial charge in [0.2, 0.25) is 0 Å². The highest BCUT2D eigenvalue weighted by Crippen LogP contribution is 1.89. The van der Waals surface area contributed by atoms with E-state index in [0.717, 1.165) is 0 Å². The lowest BCUT2D eigenvalue weighted by molar-refractivity contribution is -0.152. The summed E-state index contributed by atoms with van der Waals surface area (Å²) < 4.78 is 0. The maximum atomic E-state index is 9.72. The second-order valence-electron chi connectivity index (χ2n) is 1.45. The number of rotatable bonds is 3. The molecule has 5 heteroatoms. The Kier molecular flexibility index (Phi) is 2.66. The zero-order valence-electron chi connectivity index (χ0n) is 4.44. The minimum Gasteiger partial charge on any atom is -0.481 e. The van der Waals surface area contributed by atoms with Crippen LogP contribution in [0, 0.1) is 0 Å². The van der Waals surface area contributed by atoms with E-state index in [2.05, 4.69) is 0 Å². The van der Waals surface area contributed by atoms with E-state index in [9.17, 15) is 9.59 Å². The fourth-order valence-corrected chi connectivity index (χ4v) is 0.253. The van der Waals surface area contributed by atoms with Gasteiger partial charge < -0.3 is 15.3 Å². The van der Waals surface area contributed by atoms with Crippen LogP contribution < -0.4 is 0 Å². The van der Waals surface area contributed by atoms with Crippen molar-refractivity contribution in [2.75, 3.05) is 0 Å². The van der Waals surface area contributed by atoms with E-state index in [0.29, 0.717) is 0 Å². The van der Waals surface area contributed by atoms with E-state index in [1.807, 2.05) is 0 Å². The SMILES string of the molecule is O=C(O)[13C@@H](O)C[13C](=O)O. The van der Waals surface area contributed by atoms with Crippen molar-refractivity contribution < 1.29 is 24.9 Å². The first kappa shape index (κ1) is 7.90. The van der Waals surface area contributed by atoms with Crippen molar-refractivity contribution in [3.05, 3.63) is 0 Å². The fourth-order valence-electron chi connectivity index (χ4n) is 0.253. The standard InChI is InChI=1S/C4H6O5/c5-2(4(8)9)1-3(6)7/h2,5H,1H2,(H,6,7)(H,8,9)/t2-/m0/s1/i2+1,3+1. The van der Waals surface area contributed by atoms with Crippen LogP contribution in [0.2, 0.25) is 0 Å². The molecule has 0 heterocycles. The number of carbonyl (C=O) groups is 2. The second kappa shape index (κ2) is 3.03. The lowest BCUT2D eigenvalue weighted by atomic mass is 10.7. The van der Waals surface area contributed by atoms with Crippen molar-refractivity contribution in [2.45, 2.75) is 12.5 Å². The Morgan fingerprint density at radius 1 is 1.33 bits per heavy atom. The average molecular weight is 136 g/mol. The highest BCUT2D eigenvalue weighted by Gasteiger charge is 2.16. The molecule has 0 bridgehead atoms. The van der Waals surface area contributed by atoms with Crippen LogP contribution >= 0.6 is 0 Å². The smallest absolute Gasteiger partial charge is 0.333 e. The summed E-state index contributed by atoms with van der Waals surface area (Å²) in [5.74, 6) is -2.85.